The van der Waals surface area contributed by atoms with E-state index < -0.39 is 12.1 Å². The maximum atomic E-state index is 11.4. The summed E-state index contributed by atoms with van der Waals surface area (Å²) in [6.45, 7) is 2.33. The second-order valence-electron chi connectivity index (χ2n) is 3.94. The lowest BCUT2D eigenvalue weighted by molar-refractivity contribution is -0.124. The fraction of sp³-hybridized carbons (Fsp3) is 0.333. The molecule has 2 N–H and O–H groups in total. The number of carbonyl (C=O) groups excluding carboxylic acids is 1. The summed E-state index contributed by atoms with van der Waals surface area (Å²) in [4.78, 5) is 22.4. The second kappa shape index (κ2) is 4.45. The Bertz CT molecular complexity index is 470. The number of aromatic carboxylic acids is 1. The van der Waals surface area contributed by atoms with Crippen LogP contribution in [0.25, 0.3) is 0 Å². The average molecular weight is 235 g/mol. The molecule has 0 radical (unpaired) electrons. The largest absolute Gasteiger partial charge is 0.479 e. The molecule has 1 aromatic carbocycles. The van der Waals surface area contributed by atoms with E-state index in [2.05, 4.69) is 5.32 Å². The lowest BCUT2D eigenvalue weighted by atomic mass is 10.1. The highest BCUT2D eigenvalue weighted by Crippen LogP contribution is 2.25. The zero-order valence-electron chi connectivity index (χ0n) is 9.40. The summed E-state index contributed by atoms with van der Waals surface area (Å²) in [5.41, 5.74) is 0.800. The van der Waals surface area contributed by atoms with Crippen LogP contribution in [0, 0.1) is 6.92 Å². The van der Waals surface area contributed by atoms with Gasteiger partial charge in [0.1, 0.15) is 11.3 Å². The van der Waals surface area contributed by atoms with Crippen LogP contribution in [0.2, 0.25) is 0 Å². The molecule has 0 saturated carbocycles. The molecule has 1 aliphatic rings. The quantitative estimate of drug-likeness (QED) is 0.818. The minimum absolute atomic E-state index is 0.0877. The number of para-hydroxylation sites is 1. The molecule has 1 unspecified atom stereocenters. The van der Waals surface area contributed by atoms with Gasteiger partial charge in [0.25, 0.3) is 5.91 Å². The number of amides is 1. The first kappa shape index (κ1) is 11.4. The molecular weight excluding hydrogens is 222 g/mol. The summed E-state index contributed by atoms with van der Waals surface area (Å²) >= 11 is 0. The standard InChI is InChI=1S/C12H13NO4/c1-7-3-2-4-8(12(15)16)10(7)17-9-5-6-13-11(9)14/h2-4,9H,5-6H2,1H3,(H,13,14)(H,15,16). The van der Waals surface area contributed by atoms with Gasteiger partial charge in [-0.05, 0) is 18.6 Å². The smallest absolute Gasteiger partial charge is 0.339 e. The maximum Gasteiger partial charge on any atom is 0.339 e. The number of benzene rings is 1. The summed E-state index contributed by atoms with van der Waals surface area (Å²) in [7, 11) is 0. The normalized spacial score (nSPS) is 18.9. The Morgan fingerprint density at radius 3 is 2.88 bits per heavy atom. The second-order valence-corrected chi connectivity index (χ2v) is 3.94. The van der Waals surface area contributed by atoms with Crippen molar-refractivity contribution in [1.82, 2.24) is 5.32 Å². The first-order valence-corrected chi connectivity index (χ1v) is 5.37. The fourth-order valence-electron chi connectivity index (χ4n) is 1.80. The lowest BCUT2D eigenvalue weighted by Crippen LogP contribution is -2.28. The van der Waals surface area contributed by atoms with E-state index in [4.69, 9.17) is 9.84 Å². The summed E-state index contributed by atoms with van der Waals surface area (Å²) in [6.07, 6.45) is -0.0270. The van der Waals surface area contributed by atoms with Crippen LogP contribution in [0.1, 0.15) is 22.3 Å². The van der Waals surface area contributed by atoms with Gasteiger partial charge in [-0.25, -0.2) is 4.79 Å². The highest BCUT2D eigenvalue weighted by molar-refractivity contribution is 5.92. The van der Waals surface area contributed by atoms with Crippen molar-refractivity contribution in [2.75, 3.05) is 6.54 Å². The van der Waals surface area contributed by atoms with E-state index >= 15 is 0 Å². The Morgan fingerprint density at radius 1 is 1.53 bits per heavy atom. The van der Waals surface area contributed by atoms with Crippen molar-refractivity contribution in [3.8, 4) is 5.75 Å². The summed E-state index contributed by atoms with van der Waals surface area (Å²) < 4.78 is 5.52. The third kappa shape index (κ3) is 2.22. The van der Waals surface area contributed by atoms with E-state index in [1.54, 1.807) is 19.1 Å². The molecule has 1 heterocycles. The first-order chi connectivity index (χ1) is 8.09. The molecule has 1 aromatic rings. The number of rotatable bonds is 3. The number of ether oxygens (including phenoxy) is 1. The number of carboxylic acids is 1. The predicted octanol–water partition coefficient (Wildman–Crippen LogP) is 0.961. The Hall–Kier alpha value is -2.04. The zero-order valence-corrected chi connectivity index (χ0v) is 9.40. The predicted molar refractivity (Wildman–Crippen MR) is 60.2 cm³/mol. The van der Waals surface area contributed by atoms with E-state index in [0.29, 0.717) is 18.5 Å². The molecule has 17 heavy (non-hydrogen) atoms. The van der Waals surface area contributed by atoms with Crippen LogP contribution in [0.5, 0.6) is 5.75 Å². The minimum atomic E-state index is -1.05. The molecular formula is C12H13NO4. The van der Waals surface area contributed by atoms with Crippen molar-refractivity contribution in [2.45, 2.75) is 19.4 Å². The highest BCUT2D eigenvalue weighted by atomic mass is 16.5. The number of carboxylic acid groups (broad SMARTS) is 1. The van der Waals surface area contributed by atoms with Crippen LogP contribution in [-0.4, -0.2) is 29.6 Å². The van der Waals surface area contributed by atoms with E-state index in [-0.39, 0.29) is 17.2 Å². The molecule has 1 fully saturated rings. The molecule has 2 rings (SSSR count). The van der Waals surface area contributed by atoms with Gasteiger partial charge in [-0.2, -0.15) is 0 Å². The number of aryl methyl sites for hydroxylation is 1. The van der Waals surface area contributed by atoms with E-state index in [9.17, 15) is 9.59 Å². The van der Waals surface area contributed by atoms with Crippen molar-refractivity contribution >= 4 is 11.9 Å². The first-order valence-electron chi connectivity index (χ1n) is 5.37. The van der Waals surface area contributed by atoms with Crippen LogP contribution in [0.4, 0.5) is 0 Å². The minimum Gasteiger partial charge on any atom is -0.479 e. The van der Waals surface area contributed by atoms with Crippen LogP contribution in [0.3, 0.4) is 0 Å². The summed E-state index contributed by atoms with van der Waals surface area (Å²) in [6, 6.07) is 4.88. The number of hydrogen-bond acceptors (Lipinski definition) is 3. The van der Waals surface area contributed by atoms with Crippen molar-refractivity contribution in [1.29, 1.82) is 0 Å². The molecule has 5 heteroatoms. The van der Waals surface area contributed by atoms with Gasteiger partial charge < -0.3 is 15.2 Å². The topological polar surface area (TPSA) is 75.6 Å². The molecule has 0 bridgehead atoms. The van der Waals surface area contributed by atoms with Gasteiger partial charge >= 0.3 is 5.97 Å². The Kier molecular flexibility index (Phi) is 2.99. The highest BCUT2D eigenvalue weighted by Gasteiger charge is 2.28. The van der Waals surface area contributed by atoms with Gasteiger partial charge in [-0.3, -0.25) is 4.79 Å². The van der Waals surface area contributed by atoms with E-state index in [0.717, 1.165) is 0 Å². The van der Waals surface area contributed by atoms with Crippen LogP contribution < -0.4 is 10.1 Å². The van der Waals surface area contributed by atoms with Gasteiger partial charge in [0, 0.05) is 13.0 Å². The number of hydrogen-bond donors (Lipinski definition) is 2. The Balaban J connectivity index is 2.31. The number of carbonyl (C=O) groups is 2. The van der Waals surface area contributed by atoms with E-state index in [1.165, 1.54) is 6.07 Å². The summed E-state index contributed by atoms with van der Waals surface area (Å²) in [5, 5.41) is 11.7. The molecule has 0 aromatic heterocycles. The van der Waals surface area contributed by atoms with E-state index in [1.807, 2.05) is 0 Å². The maximum absolute atomic E-state index is 11.4. The van der Waals surface area contributed by atoms with Crippen LogP contribution >= 0.6 is 0 Å². The molecule has 0 spiro atoms. The zero-order chi connectivity index (χ0) is 12.4. The third-order valence-electron chi connectivity index (χ3n) is 2.70. The van der Waals surface area contributed by atoms with Crippen LogP contribution in [-0.2, 0) is 4.79 Å². The third-order valence-corrected chi connectivity index (χ3v) is 2.70. The molecule has 1 amide bonds. The van der Waals surface area contributed by atoms with Crippen molar-refractivity contribution < 1.29 is 19.4 Å². The molecule has 5 nitrogen and oxygen atoms in total. The number of nitrogens with one attached hydrogen (secondary N) is 1. The van der Waals surface area contributed by atoms with Crippen LogP contribution in [0.15, 0.2) is 18.2 Å². The van der Waals surface area contributed by atoms with Gasteiger partial charge in [0.05, 0.1) is 0 Å². The van der Waals surface area contributed by atoms with Gasteiger partial charge in [-0.1, -0.05) is 12.1 Å². The van der Waals surface area contributed by atoms with Crippen molar-refractivity contribution in [3.63, 3.8) is 0 Å². The lowest BCUT2D eigenvalue weighted by Gasteiger charge is -2.15. The summed E-state index contributed by atoms with van der Waals surface area (Å²) in [5.74, 6) is -0.964. The Morgan fingerprint density at radius 2 is 2.29 bits per heavy atom. The Labute approximate surface area is 98.4 Å². The van der Waals surface area contributed by atoms with Gasteiger partial charge in [0.15, 0.2) is 6.10 Å². The average Bonchev–Trinajstić information content (AvgIpc) is 2.67. The van der Waals surface area contributed by atoms with Gasteiger partial charge in [-0.15, -0.1) is 0 Å². The molecule has 0 aliphatic carbocycles. The molecule has 90 valence electrons. The fourth-order valence-corrected chi connectivity index (χ4v) is 1.80. The molecule has 1 aliphatic heterocycles. The molecule has 1 saturated heterocycles. The van der Waals surface area contributed by atoms with Crippen molar-refractivity contribution in [3.05, 3.63) is 29.3 Å². The SMILES string of the molecule is Cc1cccc(C(=O)O)c1OC1CCNC1=O. The van der Waals surface area contributed by atoms with Gasteiger partial charge in [0.2, 0.25) is 0 Å². The monoisotopic (exact) mass is 235 g/mol. The molecule has 1 atom stereocenters. The van der Waals surface area contributed by atoms with Crippen molar-refractivity contribution in [2.24, 2.45) is 0 Å².